The van der Waals surface area contributed by atoms with Crippen LogP contribution in [-0.4, -0.2) is 15.0 Å². The SMILES string of the molecule is CC1=C(C(=O)NCc2ccccc2)C(c2ccc(C)cc2)c2c(n(C)c(=O)n(C)c2=O)N1. The summed E-state index contributed by atoms with van der Waals surface area (Å²) in [6.45, 7) is 4.15. The standard InChI is InChI=1S/C25H26N4O3/c1-15-10-12-18(13-11-15)20-19(23(30)26-14-17-8-6-5-7-9-17)16(2)27-22-21(20)24(31)29(4)25(32)28(22)3/h5-13,20,27H,14H2,1-4H3,(H,26,30). The van der Waals surface area contributed by atoms with E-state index in [-0.39, 0.29) is 5.91 Å². The zero-order valence-electron chi connectivity index (χ0n) is 18.6. The molecule has 1 amide bonds. The van der Waals surface area contributed by atoms with Crippen molar-refractivity contribution in [2.45, 2.75) is 26.3 Å². The molecule has 1 atom stereocenters. The predicted octanol–water partition coefficient (Wildman–Crippen LogP) is 2.54. The van der Waals surface area contributed by atoms with Gasteiger partial charge in [0, 0.05) is 31.9 Å². The van der Waals surface area contributed by atoms with Gasteiger partial charge in [-0.25, -0.2) is 4.79 Å². The highest BCUT2D eigenvalue weighted by Gasteiger charge is 2.36. The predicted molar refractivity (Wildman–Crippen MR) is 125 cm³/mol. The number of allylic oxidation sites excluding steroid dienone is 1. The van der Waals surface area contributed by atoms with Crippen LogP contribution in [0.3, 0.4) is 0 Å². The van der Waals surface area contributed by atoms with Gasteiger partial charge in [-0.3, -0.25) is 18.7 Å². The van der Waals surface area contributed by atoms with Crippen LogP contribution < -0.4 is 21.9 Å². The van der Waals surface area contributed by atoms with Crippen LogP contribution in [0.1, 0.15) is 35.1 Å². The van der Waals surface area contributed by atoms with Crippen LogP contribution in [0.25, 0.3) is 0 Å². The van der Waals surface area contributed by atoms with E-state index in [2.05, 4.69) is 10.6 Å². The van der Waals surface area contributed by atoms with Crippen molar-refractivity contribution >= 4 is 11.7 Å². The molecule has 0 radical (unpaired) electrons. The van der Waals surface area contributed by atoms with E-state index in [0.29, 0.717) is 29.2 Å². The van der Waals surface area contributed by atoms with E-state index in [1.54, 1.807) is 14.0 Å². The molecule has 0 saturated heterocycles. The van der Waals surface area contributed by atoms with Crippen molar-refractivity contribution in [3.8, 4) is 0 Å². The number of anilines is 1. The van der Waals surface area contributed by atoms with Gasteiger partial charge in [0.2, 0.25) is 5.91 Å². The Kier molecular flexibility index (Phi) is 5.57. The fourth-order valence-corrected chi connectivity index (χ4v) is 4.15. The normalized spacial score (nSPS) is 15.2. The molecule has 1 aliphatic heterocycles. The summed E-state index contributed by atoms with van der Waals surface area (Å²) in [4.78, 5) is 39.2. The van der Waals surface area contributed by atoms with Gasteiger partial charge in [-0.15, -0.1) is 0 Å². The average molecular weight is 431 g/mol. The van der Waals surface area contributed by atoms with Crippen molar-refractivity contribution in [3.63, 3.8) is 0 Å². The quantitative estimate of drug-likeness (QED) is 0.666. The molecule has 0 saturated carbocycles. The summed E-state index contributed by atoms with van der Waals surface area (Å²) in [7, 11) is 3.07. The summed E-state index contributed by atoms with van der Waals surface area (Å²) in [5, 5.41) is 6.13. The van der Waals surface area contributed by atoms with Gasteiger partial charge in [-0.2, -0.15) is 0 Å². The Morgan fingerprint density at radius 1 is 0.969 bits per heavy atom. The fourth-order valence-electron chi connectivity index (χ4n) is 4.15. The van der Waals surface area contributed by atoms with Gasteiger partial charge in [0.05, 0.1) is 11.5 Å². The first-order valence-electron chi connectivity index (χ1n) is 10.5. The molecular weight excluding hydrogens is 404 g/mol. The minimum absolute atomic E-state index is 0.258. The second-order valence-corrected chi connectivity index (χ2v) is 8.14. The molecule has 4 rings (SSSR count). The zero-order valence-corrected chi connectivity index (χ0v) is 18.6. The molecule has 32 heavy (non-hydrogen) atoms. The number of hydrogen-bond acceptors (Lipinski definition) is 4. The minimum atomic E-state index is -0.604. The van der Waals surface area contributed by atoms with Crippen molar-refractivity contribution in [2.24, 2.45) is 14.1 Å². The lowest BCUT2D eigenvalue weighted by atomic mass is 9.81. The van der Waals surface area contributed by atoms with Crippen molar-refractivity contribution in [1.29, 1.82) is 0 Å². The van der Waals surface area contributed by atoms with Crippen LogP contribution in [0, 0.1) is 6.92 Å². The Labute approximate surface area is 186 Å². The molecule has 2 heterocycles. The van der Waals surface area contributed by atoms with Crippen molar-refractivity contribution < 1.29 is 4.79 Å². The average Bonchev–Trinajstić information content (AvgIpc) is 2.80. The highest BCUT2D eigenvalue weighted by molar-refractivity contribution is 5.98. The van der Waals surface area contributed by atoms with Gasteiger partial charge >= 0.3 is 5.69 Å². The van der Waals surface area contributed by atoms with E-state index in [4.69, 9.17) is 0 Å². The molecule has 3 aromatic rings. The van der Waals surface area contributed by atoms with Crippen LogP contribution in [0.2, 0.25) is 0 Å². The molecule has 0 fully saturated rings. The van der Waals surface area contributed by atoms with Crippen LogP contribution in [0.4, 0.5) is 5.82 Å². The lowest BCUT2D eigenvalue weighted by Crippen LogP contribution is -2.44. The summed E-state index contributed by atoms with van der Waals surface area (Å²) in [6.07, 6.45) is 0. The van der Waals surface area contributed by atoms with E-state index in [0.717, 1.165) is 21.3 Å². The molecule has 7 nitrogen and oxygen atoms in total. The van der Waals surface area contributed by atoms with Crippen LogP contribution in [0.5, 0.6) is 0 Å². The Hall–Kier alpha value is -3.87. The maximum atomic E-state index is 13.4. The van der Waals surface area contributed by atoms with Crippen molar-refractivity contribution in [2.75, 3.05) is 5.32 Å². The van der Waals surface area contributed by atoms with Gasteiger partial charge < -0.3 is 10.6 Å². The maximum absolute atomic E-state index is 13.4. The summed E-state index contributed by atoms with van der Waals surface area (Å²) in [5.41, 5.74) is 3.49. The van der Waals surface area contributed by atoms with Gasteiger partial charge in [-0.05, 0) is 25.0 Å². The number of nitrogens with zero attached hydrogens (tertiary/aromatic N) is 2. The minimum Gasteiger partial charge on any atom is -0.348 e. The number of hydrogen-bond donors (Lipinski definition) is 2. The number of carbonyl (C=O) groups is 1. The number of nitrogens with one attached hydrogen (secondary N) is 2. The van der Waals surface area contributed by atoms with Crippen molar-refractivity contribution in [1.82, 2.24) is 14.5 Å². The molecule has 1 aromatic heterocycles. The molecule has 7 heteroatoms. The Morgan fingerprint density at radius 3 is 2.28 bits per heavy atom. The number of rotatable bonds is 4. The number of fused-ring (bicyclic) bond motifs is 1. The smallest absolute Gasteiger partial charge is 0.332 e. The first-order valence-corrected chi connectivity index (χ1v) is 10.5. The Morgan fingerprint density at radius 2 is 1.62 bits per heavy atom. The van der Waals surface area contributed by atoms with Crippen molar-refractivity contribution in [3.05, 3.63) is 109 Å². The van der Waals surface area contributed by atoms with Gasteiger partial charge in [0.25, 0.3) is 5.56 Å². The fraction of sp³-hybridized carbons (Fsp3) is 0.240. The topological polar surface area (TPSA) is 85.1 Å². The Bertz CT molecular complexity index is 1330. The first-order chi connectivity index (χ1) is 15.3. The van der Waals surface area contributed by atoms with E-state index in [9.17, 15) is 14.4 Å². The molecule has 1 unspecified atom stereocenters. The number of benzene rings is 2. The zero-order chi connectivity index (χ0) is 23.0. The van der Waals surface area contributed by atoms with Crippen LogP contribution >= 0.6 is 0 Å². The highest BCUT2D eigenvalue weighted by atomic mass is 16.2. The second-order valence-electron chi connectivity index (χ2n) is 8.14. The van der Waals surface area contributed by atoms with E-state index in [1.807, 2.05) is 61.5 Å². The second kappa shape index (κ2) is 8.34. The third-order valence-electron chi connectivity index (χ3n) is 5.94. The largest absolute Gasteiger partial charge is 0.348 e. The number of amides is 1. The van der Waals surface area contributed by atoms with Crippen LogP contribution in [-0.2, 0) is 25.4 Å². The van der Waals surface area contributed by atoms with E-state index in [1.165, 1.54) is 11.6 Å². The third kappa shape index (κ3) is 3.66. The lowest BCUT2D eigenvalue weighted by molar-refractivity contribution is -0.117. The monoisotopic (exact) mass is 430 g/mol. The van der Waals surface area contributed by atoms with Crippen LogP contribution in [0.15, 0.2) is 75.5 Å². The number of aryl methyl sites for hydroxylation is 1. The number of aromatic nitrogens is 2. The van der Waals surface area contributed by atoms with Gasteiger partial charge in [-0.1, -0.05) is 60.2 Å². The molecule has 1 aliphatic rings. The lowest BCUT2D eigenvalue weighted by Gasteiger charge is -2.31. The number of carbonyl (C=O) groups excluding carboxylic acids is 1. The summed E-state index contributed by atoms with van der Waals surface area (Å²) >= 11 is 0. The summed E-state index contributed by atoms with van der Waals surface area (Å²) in [5.74, 6) is -0.445. The Balaban J connectivity index is 1.86. The molecule has 0 spiro atoms. The summed E-state index contributed by atoms with van der Waals surface area (Å²) in [6, 6.07) is 17.4. The molecule has 164 valence electrons. The molecule has 0 bridgehead atoms. The van der Waals surface area contributed by atoms with Gasteiger partial charge in [0.15, 0.2) is 0 Å². The van der Waals surface area contributed by atoms with E-state index >= 15 is 0 Å². The molecule has 2 N–H and O–H groups in total. The molecule has 2 aromatic carbocycles. The maximum Gasteiger partial charge on any atom is 0.332 e. The summed E-state index contributed by atoms with van der Waals surface area (Å²) < 4.78 is 2.50. The first kappa shape index (κ1) is 21.4. The molecular formula is C25H26N4O3. The molecule has 0 aliphatic carbocycles. The highest BCUT2D eigenvalue weighted by Crippen LogP contribution is 2.39. The van der Waals surface area contributed by atoms with Gasteiger partial charge in [0.1, 0.15) is 5.82 Å². The third-order valence-corrected chi connectivity index (χ3v) is 5.94. The van der Waals surface area contributed by atoms with E-state index < -0.39 is 17.2 Å².